The molecule has 158 valence electrons. The molecule has 1 amide bonds. The number of ether oxygens (including phenoxy) is 2. The third-order valence-electron chi connectivity index (χ3n) is 4.96. The Morgan fingerprint density at radius 1 is 1.20 bits per heavy atom. The van der Waals surface area contributed by atoms with Crippen LogP contribution >= 0.6 is 0 Å². The van der Waals surface area contributed by atoms with Crippen LogP contribution in [0.25, 0.3) is 11.4 Å². The minimum absolute atomic E-state index is 0.172. The van der Waals surface area contributed by atoms with Crippen LogP contribution in [-0.4, -0.2) is 41.2 Å². The van der Waals surface area contributed by atoms with Crippen molar-refractivity contribution in [3.05, 3.63) is 59.0 Å². The van der Waals surface area contributed by atoms with Crippen molar-refractivity contribution in [2.75, 3.05) is 14.2 Å². The fourth-order valence-corrected chi connectivity index (χ4v) is 3.15. The van der Waals surface area contributed by atoms with E-state index in [9.17, 15) is 4.79 Å². The first-order chi connectivity index (χ1) is 14.3. The van der Waals surface area contributed by atoms with Gasteiger partial charge in [0.2, 0.25) is 11.7 Å². The first-order valence-corrected chi connectivity index (χ1v) is 9.75. The number of methoxy groups -OCH3 is 1. The lowest BCUT2D eigenvalue weighted by molar-refractivity contribution is -0.137. The second kappa shape index (κ2) is 8.98. The molecule has 1 aromatic heterocycles. The van der Waals surface area contributed by atoms with Gasteiger partial charge in [-0.3, -0.25) is 4.79 Å². The van der Waals surface area contributed by atoms with Crippen molar-refractivity contribution in [1.82, 2.24) is 15.0 Å². The Kier molecular flexibility index (Phi) is 6.40. The molecule has 0 spiro atoms. The van der Waals surface area contributed by atoms with E-state index < -0.39 is 6.10 Å². The third kappa shape index (κ3) is 4.79. The van der Waals surface area contributed by atoms with Crippen molar-refractivity contribution in [2.45, 2.75) is 40.3 Å². The van der Waals surface area contributed by atoms with E-state index in [4.69, 9.17) is 14.0 Å². The van der Waals surface area contributed by atoms with E-state index in [1.165, 1.54) is 4.90 Å². The number of benzene rings is 2. The number of likely N-dealkylation sites (N-methyl/N-ethyl adjacent to an activating group) is 1. The predicted molar refractivity (Wildman–Crippen MR) is 114 cm³/mol. The summed E-state index contributed by atoms with van der Waals surface area (Å²) in [5, 5.41) is 4.01. The maximum atomic E-state index is 12.8. The highest BCUT2D eigenvalue weighted by Gasteiger charge is 2.22. The number of amides is 1. The van der Waals surface area contributed by atoms with Crippen LogP contribution in [0.4, 0.5) is 0 Å². The van der Waals surface area contributed by atoms with Gasteiger partial charge in [0.15, 0.2) is 6.10 Å². The second-order valence-electron chi connectivity index (χ2n) is 7.40. The Labute approximate surface area is 176 Å². The number of rotatable bonds is 7. The average Bonchev–Trinajstić information content (AvgIpc) is 3.19. The van der Waals surface area contributed by atoms with Gasteiger partial charge in [0.1, 0.15) is 11.5 Å². The van der Waals surface area contributed by atoms with E-state index >= 15 is 0 Å². The minimum Gasteiger partial charge on any atom is -0.497 e. The smallest absolute Gasteiger partial charge is 0.263 e. The zero-order chi connectivity index (χ0) is 21.8. The summed E-state index contributed by atoms with van der Waals surface area (Å²) < 4.78 is 16.5. The van der Waals surface area contributed by atoms with Crippen LogP contribution in [-0.2, 0) is 11.3 Å². The quantitative estimate of drug-likeness (QED) is 0.585. The number of carbonyl (C=O) groups excluding carboxylic acids is 1. The van der Waals surface area contributed by atoms with Crippen molar-refractivity contribution >= 4 is 5.91 Å². The molecule has 0 bridgehead atoms. The van der Waals surface area contributed by atoms with Crippen molar-refractivity contribution in [1.29, 1.82) is 0 Å². The van der Waals surface area contributed by atoms with Gasteiger partial charge in [-0.05, 0) is 62.6 Å². The summed E-state index contributed by atoms with van der Waals surface area (Å²) in [6.45, 7) is 7.96. The molecule has 7 heteroatoms. The van der Waals surface area contributed by atoms with Crippen LogP contribution in [0, 0.1) is 20.8 Å². The highest BCUT2D eigenvalue weighted by molar-refractivity contribution is 5.80. The SMILES string of the molecule is COc1cccc(-c2noc(CN(C)C(=O)C(C)Oc3cc(C)cc(C)c3C)n2)c1. The monoisotopic (exact) mass is 409 g/mol. The van der Waals surface area contributed by atoms with Crippen LogP contribution in [0.5, 0.6) is 11.5 Å². The normalized spacial score (nSPS) is 11.8. The molecule has 0 aliphatic carbocycles. The molecule has 0 aliphatic rings. The predicted octanol–water partition coefficient (Wildman–Crippen LogP) is 4.10. The van der Waals surface area contributed by atoms with E-state index in [1.54, 1.807) is 21.1 Å². The molecule has 3 rings (SSSR count). The lowest BCUT2D eigenvalue weighted by atomic mass is 10.1. The summed E-state index contributed by atoms with van der Waals surface area (Å²) in [5.41, 5.74) is 4.04. The summed E-state index contributed by atoms with van der Waals surface area (Å²) in [6, 6.07) is 11.4. The van der Waals surface area contributed by atoms with Gasteiger partial charge in [0.05, 0.1) is 13.7 Å². The van der Waals surface area contributed by atoms with Gasteiger partial charge in [0.25, 0.3) is 5.91 Å². The highest BCUT2D eigenvalue weighted by Crippen LogP contribution is 2.25. The molecular formula is C23H27N3O4. The molecule has 0 N–H and O–H groups in total. The lowest BCUT2D eigenvalue weighted by Crippen LogP contribution is -2.37. The molecule has 1 unspecified atom stereocenters. The van der Waals surface area contributed by atoms with E-state index in [0.29, 0.717) is 17.5 Å². The van der Waals surface area contributed by atoms with Crippen LogP contribution < -0.4 is 9.47 Å². The maximum Gasteiger partial charge on any atom is 0.263 e. The molecule has 0 radical (unpaired) electrons. The van der Waals surface area contributed by atoms with Gasteiger partial charge in [-0.15, -0.1) is 0 Å². The van der Waals surface area contributed by atoms with Gasteiger partial charge < -0.3 is 18.9 Å². The summed E-state index contributed by atoms with van der Waals surface area (Å²) in [4.78, 5) is 18.7. The van der Waals surface area contributed by atoms with Crippen molar-refractivity contribution in [2.24, 2.45) is 0 Å². The summed E-state index contributed by atoms with van der Waals surface area (Å²) in [5.74, 6) is 2.05. The fourth-order valence-electron chi connectivity index (χ4n) is 3.15. The molecule has 1 atom stereocenters. The molecule has 7 nitrogen and oxygen atoms in total. The molecule has 1 heterocycles. The number of aromatic nitrogens is 2. The second-order valence-corrected chi connectivity index (χ2v) is 7.40. The first kappa shape index (κ1) is 21.4. The third-order valence-corrected chi connectivity index (χ3v) is 4.96. The van der Waals surface area contributed by atoms with Crippen LogP contribution in [0.2, 0.25) is 0 Å². The zero-order valence-electron chi connectivity index (χ0n) is 18.2. The van der Waals surface area contributed by atoms with Gasteiger partial charge in [0, 0.05) is 12.6 Å². The van der Waals surface area contributed by atoms with Crippen LogP contribution in [0.3, 0.4) is 0 Å². The number of hydrogen-bond donors (Lipinski definition) is 0. The Hall–Kier alpha value is -3.35. The molecule has 2 aromatic carbocycles. The Bertz CT molecular complexity index is 1040. The number of carbonyl (C=O) groups is 1. The summed E-state index contributed by atoms with van der Waals surface area (Å²) in [6.07, 6.45) is -0.643. The Balaban J connectivity index is 1.66. The van der Waals surface area contributed by atoms with Gasteiger partial charge in [-0.2, -0.15) is 4.98 Å². The van der Waals surface area contributed by atoms with Crippen molar-refractivity contribution in [3.63, 3.8) is 0 Å². The number of aryl methyl sites for hydroxylation is 2. The molecular weight excluding hydrogens is 382 g/mol. The largest absolute Gasteiger partial charge is 0.497 e. The molecule has 0 fully saturated rings. The van der Waals surface area contributed by atoms with Gasteiger partial charge in [-0.1, -0.05) is 23.4 Å². The number of nitrogens with zero attached hydrogens (tertiary/aromatic N) is 3. The van der Waals surface area contributed by atoms with E-state index in [2.05, 4.69) is 16.2 Å². The zero-order valence-corrected chi connectivity index (χ0v) is 18.2. The van der Waals surface area contributed by atoms with Gasteiger partial charge in [-0.25, -0.2) is 0 Å². The highest BCUT2D eigenvalue weighted by atomic mass is 16.5. The van der Waals surface area contributed by atoms with E-state index in [-0.39, 0.29) is 12.5 Å². The molecule has 30 heavy (non-hydrogen) atoms. The Morgan fingerprint density at radius 3 is 2.70 bits per heavy atom. The standard InChI is InChI=1S/C23H27N3O4/c1-14-10-15(2)16(3)20(11-14)29-17(4)23(27)26(5)13-21-24-22(25-30-21)18-8-7-9-19(12-18)28-6/h7-12,17H,13H2,1-6H3. The Morgan fingerprint density at radius 2 is 1.97 bits per heavy atom. The lowest BCUT2D eigenvalue weighted by Gasteiger charge is -2.22. The van der Waals surface area contributed by atoms with Crippen molar-refractivity contribution in [3.8, 4) is 22.9 Å². The number of hydrogen-bond acceptors (Lipinski definition) is 6. The molecule has 3 aromatic rings. The van der Waals surface area contributed by atoms with Crippen LogP contribution in [0.15, 0.2) is 40.9 Å². The summed E-state index contributed by atoms with van der Waals surface area (Å²) >= 11 is 0. The van der Waals surface area contributed by atoms with E-state index in [1.807, 2.05) is 51.1 Å². The molecule has 0 aliphatic heterocycles. The van der Waals surface area contributed by atoms with Gasteiger partial charge >= 0.3 is 0 Å². The van der Waals surface area contributed by atoms with Crippen LogP contribution in [0.1, 0.15) is 29.5 Å². The first-order valence-electron chi connectivity index (χ1n) is 9.75. The average molecular weight is 409 g/mol. The molecule has 0 saturated carbocycles. The molecule has 0 saturated heterocycles. The maximum absolute atomic E-state index is 12.8. The fraction of sp³-hybridized carbons (Fsp3) is 0.348. The van der Waals surface area contributed by atoms with E-state index in [0.717, 1.165) is 28.0 Å². The van der Waals surface area contributed by atoms with Crippen molar-refractivity contribution < 1.29 is 18.8 Å². The minimum atomic E-state index is -0.643. The summed E-state index contributed by atoms with van der Waals surface area (Å²) in [7, 11) is 3.29. The topological polar surface area (TPSA) is 77.7 Å².